The average molecular weight is 253 g/mol. The van der Waals surface area contributed by atoms with Crippen LogP contribution in [0.5, 0.6) is 5.75 Å². The Labute approximate surface area is 105 Å². The molecule has 1 aromatic carbocycles. The van der Waals surface area contributed by atoms with Crippen LogP contribution >= 0.6 is 0 Å². The van der Waals surface area contributed by atoms with E-state index < -0.39 is 10.8 Å². The van der Waals surface area contributed by atoms with E-state index in [0.717, 1.165) is 24.3 Å². The first-order valence-electron chi connectivity index (χ1n) is 6.11. The summed E-state index contributed by atoms with van der Waals surface area (Å²) >= 11 is 0. The monoisotopic (exact) mass is 253 g/mol. The van der Waals surface area contributed by atoms with Gasteiger partial charge in [0, 0.05) is 21.7 Å². The summed E-state index contributed by atoms with van der Waals surface area (Å²) in [5.74, 6) is 1.43. The summed E-state index contributed by atoms with van der Waals surface area (Å²) in [5.41, 5.74) is 6.31. The highest BCUT2D eigenvalue weighted by atomic mass is 32.2. The fraction of sp³-hybridized carbons (Fsp3) is 0.538. The molecule has 1 aliphatic carbocycles. The van der Waals surface area contributed by atoms with Crippen molar-refractivity contribution in [1.82, 2.24) is 0 Å². The minimum absolute atomic E-state index is 0.407. The van der Waals surface area contributed by atoms with E-state index >= 15 is 0 Å². The number of nitrogens with two attached hydrogens (primary N) is 1. The number of nitrogen functional groups attached to an aromatic ring is 1. The van der Waals surface area contributed by atoms with Gasteiger partial charge in [0.2, 0.25) is 0 Å². The van der Waals surface area contributed by atoms with E-state index in [1.165, 1.54) is 12.8 Å². The molecule has 1 aromatic rings. The molecule has 3 nitrogen and oxygen atoms in total. The largest absolute Gasteiger partial charge is 0.493 e. The summed E-state index contributed by atoms with van der Waals surface area (Å²) in [7, 11) is -0.723. The normalized spacial score (nSPS) is 18.1. The summed E-state index contributed by atoms with van der Waals surface area (Å²) in [6.45, 7) is 0.521. The van der Waals surface area contributed by atoms with Crippen LogP contribution < -0.4 is 10.5 Å². The van der Waals surface area contributed by atoms with Crippen molar-refractivity contribution in [3.05, 3.63) is 24.3 Å². The second-order valence-corrected chi connectivity index (χ2v) is 6.25. The van der Waals surface area contributed by atoms with Gasteiger partial charge in [-0.25, -0.2) is 0 Å². The second kappa shape index (κ2) is 6.05. The molecule has 0 aromatic heterocycles. The zero-order valence-corrected chi connectivity index (χ0v) is 10.7. The number of rotatable bonds is 5. The molecule has 0 aliphatic heterocycles. The molecule has 1 saturated carbocycles. The number of hydrogen-bond acceptors (Lipinski definition) is 3. The van der Waals surface area contributed by atoms with Crippen molar-refractivity contribution in [3.8, 4) is 5.75 Å². The molecule has 4 heteroatoms. The lowest BCUT2D eigenvalue weighted by molar-refractivity contribution is 0.342. The predicted molar refractivity (Wildman–Crippen MR) is 71.6 cm³/mol. The van der Waals surface area contributed by atoms with Crippen LogP contribution in [0.2, 0.25) is 0 Å². The van der Waals surface area contributed by atoms with Crippen molar-refractivity contribution >= 4 is 16.5 Å². The van der Waals surface area contributed by atoms with E-state index in [2.05, 4.69) is 0 Å². The van der Waals surface area contributed by atoms with Crippen LogP contribution in [-0.4, -0.2) is 21.8 Å². The fourth-order valence-electron chi connectivity index (χ4n) is 2.12. The molecule has 0 heterocycles. The molecule has 1 unspecified atom stereocenters. The van der Waals surface area contributed by atoms with Crippen molar-refractivity contribution in [2.24, 2.45) is 0 Å². The Hall–Kier alpha value is -1.03. The molecule has 0 radical (unpaired) electrons. The van der Waals surface area contributed by atoms with Gasteiger partial charge in [-0.05, 0) is 37.1 Å². The molecular formula is C13H19NO2S. The molecular weight excluding hydrogens is 234 g/mol. The van der Waals surface area contributed by atoms with Gasteiger partial charge >= 0.3 is 0 Å². The first-order chi connectivity index (χ1) is 8.25. The molecule has 2 N–H and O–H groups in total. The van der Waals surface area contributed by atoms with Crippen molar-refractivity contribution in [3.63, 3.8) is 0 Å². The lowest BCUT2D eigenvalue weighted by atomic mass is 10.3. The minimum atomic E-state index is -0.723. The summed E-state index contributed by atoms with van der Waals surface area (Å²) < 4.78 is 17.4. The van der Waals surface area contributed by atoms with Gasteiger partial charge in [0.25, 0.3) is 0 Å². The highest BCUT2D eigenvalue weighted by Crippen LogP contribution is 2.23. The van der Waals surface area contributed by atoms with Crippen molar-refractivity contribution in [2.75, 3.05) is 18.1 Å². The topological polar surface area (TPSA) is 52.3 Å². The molecule has 1 fully saturated rings. The van der Waals surface area contributed by atoms with Crippen LogP contribution in [0, 0.1) is 0 Å². The minimum Gasteiger partial charge on any atom is -0.493 e. The lowest BCUT2D eigenvalue weighted by Gasteiger charge is -2.10. The standard InChI is InChI=1S/C13H19NO2S/c14-11-5-7-12(8-6-11)16-9-10-17(15)13-3-1-2-4-13/h5-8,13H,1-4,9-10,14H2. The maximum Gasteiger partial charge on any atom is 0.119 e. The summed E-state index contributed by atoms with van der Waals surface area (Å²) in [5, 5.41) is 0.407. The van der Waals surface area contributed by atoms with Gasteiger partial charge in [0.05, 0.1) is 12.4 Å². The van der Waals surface area contributed by atoms with Crippen LogP contribution in [0.1, 0.15) is 25.7 Å². The Morgan fingerprint density at radius 2 is 1.88 bits per heavy atom. The molecule has 0 saturated heterocycles. The molecule has 0 spiro atoms. The van der Waals surface area contributed by atoms with Crippen LogP contribution in [0.15, 0.2) is 24.3 Å². The molecule has 94 valence electrons. The summed E-state index contributed by atoms with van der Waals surface area (Å²) in [6, 6.07) is 7.30. The molecule has 0 bridgehead atoms. The van der Waals surface area contributed by atoms with Crippen LogP contribution in [0.4, 0.5) is 5.69 Å². The highest BCUT2D eigenvalue weighted by Gasteiger charge is 2.20. The van der Waals surface area contributed by atoms with E-state index in [4.69, 9.17) is 10.5 Å². The Kier molecular flexibility index (Phi) is 4.42. The van der Waals surface area contributed by atoms with Crippen molar-refractivity contribution in [2.45, 2.75) is 30.9 Å². The fourth-order valence-corrected chi connectivity index (χ4v) is 3.56. The Balaban J connectivity index is 1.72. The quantitative estimate of drug-likeness (QED) is 0.819. The Bertz CT molecular complexity index is 372. The van der Waals surface area contributed by atoms with Crippen LogP contribution in [0.25, 0.3) is 0 Å². The molecule has 0 amide bonds. The smallest absolute Gasteiger partial charge is 0.119 e. The van der Waals surface area contributed by atoms with Crippen LogP contribution in [-0.2, 0) is 10.8 Å². The van der Waals surface area contributed by atoms with Gasteiger partial charge in [-0.15, -0.1) is 0 Å². The van der Waals surface area contributed by atoms with Gasteiger partial charge in [-0.1, -0.05) is 12.8 Å². The van der Waals surface area contributed by atoms with Gasteiger partial charge in [-0.3, -0.25) is 4.21 Å². The summed E-state index contributed by atoms with van der Waals surface area (Å²) in [6.07, 6.45) is 4.70. The first-order valence-corrected chi connectivity index (χ1v) is 7.49. The van der Waals surface area contributed by atoms with E-state index in [1.807, 2.05) is 24.3 Å². The van der Waals surface area contributed by atoms with Crippen LogP contribution in [0.3, 0.4) is 0 Å². The van der Waals surface area contributed by atoms with E-state index in [1.54, 1.807) is 0 Å². The third-order valence-electron chi connectivity index (χ3n) is 3.11. The molecule has 1 atom stereocenters. The Morgan fingerprint density at radius 3 is 2.53 bits per heavy atom. The summed E-state index contributed by atoms with van der Waals surface area (Å²) in [4.78, 5) is 0. The van der Waals surface area contributed by atoms with Crippen molar-refractivity contribution in [1.29, 1.82) is 0 Å². The average Bonchev–Trinajstić information content (AvgIpc) is 2.85. The Morgan fingerprint density at radius 1 is 1.24 bits per heavy atom. The number of benzene rings is 1. The maximum absolute atomic E-state index is 11.9. The van der Waals surface area contributed by atoms with Crippen molar-refractivity contribution < 1.29 is 8.95 Å². The number of anilines is 1. The number of ether oxygens (including phenoxy) is 1. The van der Waals surface area contributed by atoms with Gasteiger partial charge in [0.1, 0.15) is 5.75 Å². The van der Waals surface area contributed by atoms with E-state index in [-0.39, 0.29) is 0 Å². The van der Waals surface area contributed by atoms with E-state index in [0.29, 0.717) is 17.6 Å². The SMILES string of the molecule is Nc1ccc(OCCS(=O)C2CCCC2)cc1. The van der Waals surface area contributed by atoms with Gasteiger partial charge < -0.3 is 10.5 Å². The molecule has 17 heavy (non-hydrogen) atoms. The molecule has 2 rings (SSSR count). The first kappa shape index (κ1) is 12.4. The molecule has 1 aliphatic rings. The number of hydrogen-bond donors (Lipinski definition) is 1. The third-order valence-corrected chi connectivity index (χ3v) is 4.89. The highest BCUT2D eigenvalue weighted by molar-refractivity contribution is 7.85. The predicted octanol–water partition coefficient (Wildman–Crippen LogP) is 2.34. The maximum atomic E-state index is 11.9. The zero-order chi connectivity index (χ0) is 12.1. The van der Waals surface area contributed by atoms with Gasteiger partial charge in [0.15, 0.2) is 0 Å². The second-order valence-electron chi connectivity index (χ2n) is 4.41. The zero-order valence-electron chi connectivity index (χ0n) is 9.93. The third kappa shape index (κ3) is 3.73. The van der Waals surface area contributed by atoms with E-state index in [9.17, 15) is 4.21 Å². The van der Waals surface area contributed by atoms with Gasteiger partial charge in [-0.2, -0.15) is 0 Å². The lowest BCUT2D eigenvalue weighted by Crippen LogP contribution is -2.18.